The van der Waals surface area contributed by atoms with Gasteiger partial charge >= 0.3 is 0 Å². The number of rotatable bonds is 6. The van der Waals surface area contributed by atoms with Crippen molar-refractivity contribution in [3.05, 3.63) is 29.8 Å². The van der Waals surface area contributed by atoms with Gasteiger partial charge in [-0.2, -0.15) is 0 Å². The van der Waals surface area contributed by atoms with Crippen LogP contribution in [0.5, 0.6) is 0 Å². The number of likely N-dealkylation sites (N-methyl/N-ethyl adjacent to an activating group) is 1. The number of anilines is 1. The molecule has 0 aliphatic rings. The van der Waals surface area contributed by atoms with Gasteiger partial charge in [0.25, 0.3) is 0 Å². The molecule has 0 bridgehead atoms. The molecule has 3 N–H and O–H groups in total. The van der Waals surface area contributed by atoms with Crippen LogP contribution in [0.3, 0.4) is 0 Å². The standard InChI is InChI=1S/C14H21N3O3/c1-17(2)13(18)8-10-4-6-11(7-5-10)16-14(19)12(15)9-20-3/h4-7,12H,8-9,15H2,1-3H3,(H,16,19). The first-order valence-electron chi connectivity index (χ1n) is 6.28. The topological polar surface area (TPSA) is 84.7 Å². The highest BCUT2D eigenvalue weighted by Crippen LogP contribution is 2.11. The molecule has 0 aromatic heterocycles. The zero-order valence-corrected chi connectivity index (χ0v) is 12.1. The molecule has 0 heterocycles. The Morgan fingerprint density at radius 2 is 1.90 bits per heavy atom. The van der Waals surface area contributed by atoms with Crippen LogP contribution in [0.1, 0.15) is 5.56 Å². The van der Waals surface area contributed by atoms with Gasteiger partial charge < -0.3 is 20.7 Å². The lowest BCUT2D eigenvalue weighted by Gasteiger charge is -2.12. The van der Waals surface area contributed by atoms with Gasteiger partial charge in [0.15, 0.2) is 0 Å². The van der Waals surface area contributed by atoms with E-state index in [1.165, 1.54) is 7.11 Å². The molecule has 0 radical (unpaired) electrons. The van der Waals surface area contributed by atoms with E-state index < -0.39 is 6.04 Å². The second kappa shape index (κ2) is 7.62. The molecule has 1 aromatic carbocycles. The Morgan fingerprint density at radius 1 is 1.30 bits per heavy atom. The number of methoxy groups -OCH3 is 1. The number of hydrogen-bond donors (Lipinski definition) is 2. The van der Waals surface area contributed by atoms with Crippen molar-refractivity contribution in [3.63, 3.8) is 0 Å². The lowest BCUT2D eigenvalue weighted by atomic mass is 10.1. The minimum Gasteiger partial charge on any atom is -0.383 e. The SMILES string of the molecule is COCC(N)C(=O)Nc1ccc(CC(=O)N(C)C)cc1. The van der Waals surface area contributed by atoms with Crippen molar-refractivity contribution in [3.8, 4) is 0 Å². The molecular weight excluding hydrogens is 258 g/mol. The fraction of sp³-hybridized carbons (Fsp3) is 0.429. The monoisotopic (exact) mass is 279 g/mol. The van der Waals surface area contributed by atoms with Gasteiger partial charge in [-0.25, -0.2) is 0 Å². The van der Waals surface area contributed by atoms with E-state index in [4.69, 9.17) is 10.5 Å². The van der Waals surface area contributed by atoms with E-state index in [-0.39, 0.29) is 18.4 Å². The van der Waals surface area contributed by atoms with Crippen LogP contribution < -0.4 is 11.1 Å². The fourth-order valence-corrected chi connectivity index (χ4v) is 1.53. The molecule has 1 aromatic rings. The molecule has 20 heavy (non-hydrogen) atoms. The number of nitrogens with zero attached hydrogens (tertiary/aromatic N) is 1. The Kier molecular flexibility index (Phi) is 6.14. The lowest BCUT2D eigenvalue weighted by Crippen LogP contribution is -2.39. The maximum atomic E-state index is 11.7. The second-order valence-corrected chi connectivity index (χ2v) is 4.71. The average Bonchev–Trinajstić information content (AvgIpc) is 2.41. The van der Waals surface area contributed by atoms with Crippen LogP contribution >= 0.6 is 0 Å². The molecule has 1 unspecified atom stereocenters. The Morgan fingerprint density at radius 3 is 2.40 bits per heavy atom. The highest BCUT2D eigenvalue weighted by Gasteiger charge is 2.13. The summed E-state index contributed by atoms with van der Waals surface area (Å²) in [7, 11) is 4.92. The Labute approximate surface area is 118 Å². The second-order valence-electron chi connectivity index (χ2n) is 4.71. The van der Waals surface area contributed by atoms with E-state index >= 15 is 0 Å². The summed E-state index contributed by atoms with van der Waals surface area (Å²) in [5.74, 6) is -0.270. The van der Waals surface area contributed by atoms with Gasteiger partial charge in [0.2, 0.25) is 11.8 Å². The summed E-state index contributed by atoms with van der Waals surface area (Å²) in [4.78, 5) is 24.8. The predicted molar refractivity (Wildman–Crippen MR) is 77.3 cm³/mol. The molecule has 0 saturated carbocycles. The largest absolute Gasteiger partial charge is 0.383 e. The minimum atomic E-state index is -0.699. The van der Waals surface area contributed by atoms with Crippen molar-refractivity contribution in [2.24, 2.45) is 5.73 Å². The Bertz CT molecular complexity index is 457. The third-order valence-corrected chi connectivity index (χ3v) is 2.76. The third-order valence-electron chi connectivity index (χ3n) is 2.76. The molecule has 110 valence electrons. The highest BCUT2D eigenvalue weighted by molar-refractivity contribution is 5.94. The quantitative estimate of drug-likeness (QED) is 0.780. The Balaban J connectivity index is 2.58. The van der Waals surface area contributed by atoms with Crippen LogP contribution in [0.2, 0.25) is 0 Å². The van der Waals surface area contributed by atoms with Gasteiger partial charge in [0.1, 0.15) is 6.04 Å². The van der Waals surface area contributed by atoms with Crippen molar-refractivity contribution >= 4 is 17.5 Å². The Hall–Kier alpha value is -1.92. The lowest BCUT2D eigenvalue weighted by molar-refractivity contribution is -0.128. The highest BCUT2D eigenvalue weighted by atomic mass is 16.5. The number of nitrogens with two attached hydrogens (primary N) is 1. The summed E-state index contributed by atoms with van der Waals surface area (Å²) in [5, 5.41) is 2.69. The maximum Gasteiger partial charge on any atom is 0.243 e. The first kappa shape index (κ1) is 16.1. The smallest absolute Gasteiger partial charge is 0.243 e. The van der Waals surface area contributed by atoms with Gasteiger partial charge in [-0.15, -0.1) is 0 Å². The zero-order chi connectivity index (χ0) is 15.1. The van der Waals surface area contributed by atoms with Gasteiger partial charge in [0, 0.05) is 26.9 Å². The number of carbonyl (C=O) groups excluding carboxylic acids is 2. The number of carbonyl (C=O) groups is 2. The molecule has 0 aliphatic carbocycles. The molecule has 1 rings (SSSR count). The summed E-state index contributed by atoms with van der Waals surface area (Å²) < 4.78 is 4.82. The van der Waals surface area contributed by atoms with Gasteiger partial charge in [-0.3, -0.25) is 9.59 Å². The van der Waals surface area contributed by atoms with Crippen molar-refractivity contribution in [2.75, 3.05) is 33.1 Å². The molecule has 0 saturated heterocycles. The summed E-state index contributed by atoms with van der Waals surface area (Å²) in [5.41, 5.74) is 7.15. The first-order chi connectivity index (χ1) is 9.43. The van der Waals surface area contributed by atoms with Crippen molar-refractivity contribution in [1.29, 1.82) is 0 Å². The van der Waals surface area contributed by atoms with Gasteiger partial charge in [-0.05, 0) is 17.7 Å². The predicted octanol–water partition coefficient (Wildman–Crippen LogP) is 0.230. The number of benzene rings is 1. The molecule has 1 atom stereocenters. The van der Waals surface area contributed by atoms with E-state index in [0.29, 0.717) is 12.1 Å². The summed E-state index contributed by atoms with van der Waals surface area (Å²) in [6.07, 6.45) is 0.338. The van der Waals surface area contributed by atoms with Crippen molar-refractivity contribution in [2.45, 2.75) is 12.5 Å². The summed E-state index contributed by atoms with van der Waals surface area (Å²) in [6.45, 7) is 0.168. The molecule has 6 nitrogen and oxygen atoms in total. The van der Waals surface area contributed by atoms with E-state index in [1.54, 1.807) is 43.3 Å². The number of amides is 2. The molecule has 6 heteroatoms. The maximum absolute atomic E-state index is 11.7. The third kappa shape index (κ3) is 4.99. The molecule has 0 spiro atoms. The van der Waals surface area contributed by atoms with Crippen molar-refractivity contribution < 1.29 is 14.3 Å². The zero-order valence-electron chi connectivity index (χ0n) is 12.1. The first-order valence-corrected chi connectivity index (χ1v) is 6.28. The van der Waals surface area contributed by atoms with Crippen LogP contribution in [0.25, 0.3) is 0 Å². The van der Waals surface area contributed by atoms with Gasteiger partial charge in [0.05, 0.1) is 13.0 Å². The summed E-state index contributed by atoms with van der Waals surface area (Å²) >= 11 is 0. The van der Waals surface area contributed by atoms with Crippen LogP contribution in [0.4, 0.5) is 5.69 Å². The van der Waals surface area contributed by atoms with Gasteiger partial charge in [-0.1, -0.05) is 12.1 Å². The summed E-state index contributed by atoms with van der Waals surface area (Å²) in [6, 6.07) is 6.40. The molecule has 0 aliphatic heterocycles. The molecule has 0 fully saturated rings. The van der Waals surface area contributed by atoms with Crippen LogP contribution in [-0.4, -0.2) is 50.6 Å². The molecular formula is C14H21N3O3. The minimum absolute atomic E-state index is 0.0314. The van der Waals surface area contributed by atoms with E-state index in [9.17, 15) is 9.59 Å². The van der Waals surface area contributed by atoms with E-state index in [0.717, 1.165) is 5.56 Å². The van der Waals surface area contributed by atoms with Crippen LogP contribution in [0, 0.1) is 0 Å². The van der Waals surface area contributed by atoms with Crippen LogP contribution in [0.15, 0.2) is 24.3 Å². The van der Waals surface area contributed by atoms with E-state index in [1.807, 2.05) is 0 Å². The normalized spacial score (nSPS) is 11.8. The number of nitrogens with one attached hydrogen (secondary N) is 1. The van der Waals surface area contributed by atoms with Crippen molar-refractivity contribution in [1.82, 2.24) is 4.90 Å². The molecule has 2 amide bonds. The number of ether oxygens (including phenoxy) is 1. The van der Waals surface area contributed by atoms with Crippen LogP contribution in [-0.2, 0) is 20.7 Å². The fourth-order valence-electron chi connectivity index (χ4n) is 1.53. The average molecular weight is 279 g/mol. The number of hydrogen-bond acceptors (Lipinski definition) is 4. The van der Waals surface area contributed by atoms with E-state index in [2.05, 4.69) is 5.32 Å².